The van der Waals surface area contributed by atoms with Crippen molar-refractivity contribution in [1.82, 2.24) is 19.4 Å². The summed E-state index contributed by atoms with van der Waals surface area (Å²) in [6, 6.07) is 3.51. The standard InChI is InChI=1S/C28H37N5O5.ClH/c1-28(2,3)21-13-18(14-23(24(21)36-4)37-12-6-11-34)22(35)15-32-27(29)33-25(30-32)19-7-5-8-20(19)26(31-33)38-16-17-9-10-17;/h13-14,17,29,34H,5-12,15-16H2,1-4H3;1H. The molecule has 0 radical (unpaired) electrons. The van der Waals surface area contributed by atoms with Crippen molar-refractivity contribution in [3.63, 3.8) is 0 Å². The molecule has 2 aromatic heterocycles. The second-order valence-corrected chi connectivity index (χ2v) is 11.2. The molecule has 0 saturated heterocycles. The number of nitrogens with zero attached hydrogens (tertiary/aromatic N) is 4. The molecule has 0 bridgehead atoms. The van der Waals surface area contributed by atoms with Crippen LogP contribution in [0.1, 0.15) is 73.5 Å². The van der Waals surface area contributed by atoms with Gasteiger partial charge in [-0.05, 0) is 55.6 Å². The van der Waals surface area contributed by atoms with E-state index in [4.69, 9.17) is 19.6 Å². The highest BCUT2D eigenvalue weighted by Gasteiger charge is 2.28. The Morgan fingerprint density at radius 1 is 1.15 bits per heavy atom. The first-order chi connectivity index (χ1) is 18.2. The van der Waals surface area contributed by atoms with E-state index in [1.54, 1.807) is 13.2 Å². The van der Waals surface area contributed by atoms with Gasteiger partial charge >= 0.3 is 0 Å². The van der Waals surface area contributed by atoms with Crippen molar-refractivity contribution in [3.05, 3.63) is 40.0 Å². The zero-order chi connectivity index (χ0) is 27.0. The molecule has 2 aliphatic carbocycles. The molecule has 0 atom stereocenters. The number of carbonyl (C=O) groups is 1. The van der Waals surface area contributed by atoms with Crippen LogP contribution in [-0.2, 0) is 24.8 Å². The predicted octanol–water partition coefficient (Wildman–Crippen LogP) is 3.66. The molecule has 1 saturated carbocycles. The van der Waals surface area contributed by atoms with Crippen LogP contribution >= 0.6 is 12.4 Å². The second-order valence-electron chi connectivity index (χ2n) is 11.2. The smallest absolute Gasteiger partial charge is 0.242 e. The fourth-order valence-corrected chi connectivity index (χ4v) is 4.89. The highest BCUT2D eigenvalue weighted by molar-refractivity contribution is 5.97. The van der Waals surface area contributed by atoms with Crippen LogP contribution in [0.5, 0.6) is 17.4 Å². The molecule has 11 heteroatoms. The van der Waals surface area contributed by atoms with Crippen molar-refractivity contribution in [1.29, 1.82) is 5.41 Å². The number of ether oxygens (including phenoxy) is 3. The highest BCUT2D eigenvalue weighted by atomic mass is 35.5. The number of hydrogen-bond acceptors (Lipinski definition) is 8. The Morgan fingerprint density at radius 2 is 1.90 bits per heavy atom. The number of fused-ring (bicyclic) bond motifs is 3. The van der Waals surface area contributed by atoms with Crippen LogP contribution in [0.15, 0.2) is 12.1 Å². The van der Waals surface area contributed by atoms with Gasteiger partial charge in [-0.2, -0.15) is 4.52 Å². The first kappa shape index (κ1) is 28.9. The third-order valence-electron chi connectivity index (χ3n) is 7.19. The molecule has 0 aliphatic heterocycles. The average molecular weight is 560 g/mol. The van der Waals surface area contributed by atoms with E-state index in [1.807, 2.05) is 26.8 Å². The summed E-state index contributed by atoms with van der Waals surface area (Å²) in [6.07, 6.45) is 5.59. The van der Waals surface area contributed by atoms with Crippen LogP contribution in [0.2, 0.25) is 0 Å². The van der Waals surface area contributed by atoms with Gasteiger partial charge in [0.05, 0.1) is 20.3 Å². The maximum atomic E-state index is 13.6. The van der Waals surface area contributed by atoms with Crippen LogP contribution in [-0.4, -0.2) is 57.2 Å². The molecular formula is C28H38ClN5O5. The van der Waals surface area contributed by atoms with Gasteiger partial charge in [0.25, 0.3) is 0 Å². The zero-order valence-electron chi connectivity index (χ0n) is 23.1. The summed E-state index contributed by atoms with van der Waals surface area (Å²) < 4.78 is 20.5. The molecule has 39 heavy (non-hydrogen) atoms. The van der Waals surface area contributed by atoms with Crippen molar-refractivity contribution in [3.8, 4) is 17.4 Å². The highest BCUT2D eigenvalue weighted by Crippen LogP contribution is 2.40. The SMILES string of the molecule is COc1c(OCCCO)cc(C(=O)Cn2nc3c4c(c(OCC5CC5)nn3c2=N)CCC4)cc1C(C)(C)C.Cl. The molecule has 10 nitrogen and oxygen atoms in total. The van der Waals surface area contributed by atoms with Gasteiger partial charge in [0, 0.05) is 35.3 Å². The van der Waals surface area contributed by atoms with E-state index in [1.165, 1.54) is 22.0 Å². The van der Waals surface area contributed by atoms with Crippen LogP contribution in [0, 0.1) is 11.3 Å². The Hall–Kier alpha value is -3.11. The molecule has 1 fully saturated rings. The van der Waals surface area contributed by atoms with Gasteiger partial charge in [-0.15, -0.1) is 22.6 Å². The van der Waals surface area contributed by atoms with Crippen molar-refractivity contribution >= 4 is 23.8 Å². The predicted molar refractivity (Wildman–Crippen MR) is 148 cm³/mol. The number of Topliss-reactive ketones (excluding diaryl/α,β-unsaturated/α-hetero) is 1. The number of hydrogen-bond donors (Lipinski definition) is 2. The van der Waals surface area contributed by atoms with Gasteiger partial charge in [-0.3, -0.25) is 10.2 Å². The number of halogens is 1. The third-order valence-corrected chi connectivity index (χ3v) is 7.19. The van der Waals surface area contributed by atoms with Crippen molar-refractivity contribution < 1.29 is 24.1 Å². The molecule has 2 heterocycles. The second kappa shape index (κ2) is 11.6. The Morgan fingerprint density at radius 3 is 2.56 bits per heavy atom. The third kappa shape index (κ3) is 5.91. The number of rotatable bonds is 11. The van der Waals surface area contributed by atoms with Gasteiger partial charge in [-0.1, -0.05) is 20.8 Å². The van der Waals surface area contributed by atoms with Crippen molar-refractivity contribution in [2.24, 2.45) is 5.92 Å². The Balaban J connectivity index is 0.00000353. The number of aliphatic hydroxyl groups excluding tert-OH is 1. The van der Waals surface area contributed by atoms with Crippen LogP contribution < -0.4 is 19.8 Å². The van der Waals surface area contributed by atoms with Crippen molar-refractivity contribution in [2.45, 2.75) is 71.3 Å². The quantitative estimate of drug-likeness (QED) is 0.271. The maximum Gasteiger partial charge on any atom is 0.242 e. The Kier molecular flexibility index (Phi) is 8.56. The van der Waals surface area contributed by atoms with Gasteiger partial charge < -0.3 is 19.3 Å². The summed E-state index contributed by atoms with van der Waals surface area (Å²) >= 11 is 0. The van der Waals surface area contributed by atoms with E-state index in [0.29, 0.717) is 54.1 Å². The zero-order valence-corrected chi connectivity index (χ0v) is 23.9. The number of nitrogens with one attached hydrogen (secondary N) is 1. The van der Waals surface area contributed by atoms with Gasteiger partial charge in [0.2, 0.25) is 11.5 Å². The summed E-state index contributed by atoms with van der Waals surface area (Å²) in [7, 11) is 1.58. The minimum absolute atomic E-state index is 0. The maximum absolute atomic E-state index is 13.6. The lowest BCUT2D eigenvalue weighted by Crippen LogP contribution is -2.27. The molecule has 0 amide bonds. The summed E-state index contributed by atoms with van der Waals surface area (Å²) in [6.45, 7) is 6.99. The molecule has 3 aromatic rings. The van der Waals surface area contributed by atoms with Gasteiger partial charge in [0.15, 0.2) is 22.9 Å². The molecule has 1 aromatic carbocycles. The molecule has 212 valence electrons. The number of methoxy groups -OCH3 is 1. The summed E-state index contributed by atoms with van der Waals surface area (Å²) in [5.41, 5.74) is 3.77. The lowest BCUT2D eigenvalue weighted by molar-refractivity contribution is 0.0964. The summed E-state index contributed by atoms with van der Waals surface area (Å²) in [5, 5.41) is 27.2. The number of aromatic nitrogens is 4. The average Bonchev–Trinajstić information content (AvgIpc) is 3.49. The monoisotopic (exact) mass is 559 g/mol. The van der Waals surface area contributed by atoms with Gasteiger partial charge in [-0.25, -0.2) is 4.68 Å². The van der Waals surface area contributed by atoms with Crippen LogP contribution in [0.3, 0.4) is 0 Å². The lowest BCUT2D eigenvalue weighted by atomic mass is 9.84. The van der Waals surface area contributed by atoms with E-state index in [9.17, 15) is 9.90 Å². The fourth-order valence-electron chi connectivity index (χ4n) is 4.89. The largest absolute Gasteiger partial charge is 0.493 e. The number of aliphatic hydroxyl groups is 1. The van der Waals surface area contributed by atoms with Gasteiger partial charge in [0.1, 0.15) is 6.54 Å². The lowest BCUT2D eigenvalue weighted by Gasteiger charge is -2.25. The topological polar surface area (TPSA) is 124 Å². The summed E-state index contributed by atoms with van der Waals surface area (Å²) in [5.74, 6) is 2.03. The van der Waals surface area contributed by atoms with E-state index in [-0.39, 0.29) is 42.4 Å². The fraction of sp³-hybridized carbons (Fsp3) is 0.571. The minimum Gasteiger partial charge on any atom is -0.493 e. The van der Waals surface area contributed by atoms with E-state index < -0.39 is 0 Å². The molecule has 2 aliphatic rings. The normalized spacial score (nSPS) is 14.7. The van der Waals surface area contributed by atoms with E-state index >= 15 is 0 Å². The van der Waals surface area contributed by atoms with E-state index in [2.05, 4.69) is 10.2 Å². The van der Waals surface area contributed by atoms with Crippen LogP contribution in [0.25, 0.3) is 5.65 Å². The molecular weight excluding hydrogens is 522 g/mol. The minimum atomic E-state index is -0.311. The first-order valence-corrected chi connectivity index (χ1v) is 13.4. The number of benzene rings is 1. The van der Waals surface area contributed by atoms with E-state index in [0.717, 1.165) is 36.0 Å². The number of aryl methyl sites for hydroxylation is 1. The van der Waals surface area contributed by atoms with Crippen LogP contribution in [0.4, 0.5) is 0 Å². The molecule has 2 N–H and O–H groups in total. The summed E-state index contributed by atoms with van der Waals surface area (Å²) in [4.78, 5) is 13.6. The van der Waals surface area contributed by atoms with Crippen molar-refractivity contribution in [2.75, 3.05) is 26.9 Å². The molecule has 5 rings (SSSR count). The Labute approximate surface area is 234 Å². The number of carbonyl (C=O) groups excluding carboxylic acids is 1. The number of ketones is 1. The first-order valence-electron chi connectivity index (χ1n) is 13.4. The molecule has 0 spiro atoms. The molecule has 0 unspecified atom stereocenters. The Bertz CT molecular complexity index is 1420.